The van der Waals surface area contributed by atoms with Gasteiger partial charge < -0.3 is 10.3 Å². The van der Waals surface area contributed by atoms with Crippen molar-refractivity contribution in [3.05, 3.63) is 58.9 Å². The molecule has 2 heterocycles. The number of carbonyl (C=O) groups is 1. The van der Waals surface area contributed by atoms with Gasteiger partial charge in [-0.1, -0.05) is 12.1 Å². The molecule has 7 heteroatoms. The van der Waals surface area contributed by atoms with Crippen LogP contribution in [0.3, 0.4) is 0 Å². The van der Waals surface area contributed by atoms with Crippen molar-refractivity contribution in [3.63, 3.8) is 0 Å². The Hall–Kier alpha value is -2.38. The Kier molecular flexibility index (Phi) is 5.13. The van der Waals surface area contributed by atoms with E-state index in [0.29, 0.717) is 5.56 Å². The van der Waals surface area contributed by atoms with Gasteiger partial charge in [0.15, 0.2) is 0 Å². The minimum atomic E-state index is -0.156. The molecule has 0 fully saturated rings. The topological polar surface area (TPSA) is 70.7 Å². The maximum absolute atomic E-state index is 12.9. The number of aryl methyl sites for hydroxylation is 1. The van der Waals surface area contributed by atoms with Crippen molar-refractivity contribution in [2.24, 2.45) is 0 Å². The summed E-state index contributed by atoms with van der Waals surface area (Å²) >= 11 is 3.36. The highest BCUT2D eigenvalue weighted by atomic mass is 32.2. The molecule has 0 spiro atoms. The summed E-state index contributed by atoms with van der Waals surface area (Å²) in [4.78, 5) is 25.4. The number of hydrogen-bond acceptors (Lipinski definition) is 5. The van der Waals surface area contributed by atoms with Crippen LogP contribution in [0.2, 0.25) is 0 Å². The molecule has 138 valence electrons. The van der Waals surface area contributed by atoms with E-state index in [1.807, 2.05) is 49.4 Å². The standard InChI is InChI=1S/C20H20N4OS2/c1-12-21-16-8-7-13(11-18(16)27-12)20(25)24-17(9-10-26-2)19-22-14-5-3-4-6-15(14)23-19/h3-8,11,17H,9-10H2,1-2H3,(H,22,23)(H,24,25)/t17-/m1/s1. The molecule has 0 saturated carbocycles. The lowest BCUT2D eigenvalue weighted by Crippen LogP contribution is -2.29. The number of nitrogens with zero attached hydrogens (tertiary/aromatic N) is 2. The highest BCUT2D eigenvalue weighted by Gasteiger charge is 2.19. The molecule has 2 aromatic carbocycles. The van der Waals surface area contributed by atoms with Crippen LogP contribution in [0.5, 0.6) is 0 Å². The lowest BCUT2D eigenvalue weighted by molar-refractivity contribution is 0.0934. The molecule has 0 bridgehead atoms. The summed E-state index contributed by atoms with van der Waals surface area (Å²) < 4.78 is 1.03. The number of aromatic nitrogens is 3. The number of rotatable bonds is 6. The smallest absolute Gasteiger partial charge is 0.251 e. The summed E-state index contributed by atoms with van der Waals surface area (Å²) in [5, 5.41) is 4.16. The van der Waals surface area contributed by atoms with Crippen molar-refractivity contribution in [1.82, 2.24) is 20.3 Å². The molecule has 0 aliphatic rings. The Morgan fingerprint density at radius 1 is 1.22 bits per heavy atom. The number of nitrogens with one attached hydrogen (secondary N) is 2. The highest BCUT2D eigenvalue weighted by Crippen LogP contribution is 2.24. The van der Waals surface area contributed by atoms with Crippen molar-refractivity contribution in [2.75, 3.05) is 12.0 Å². The maximum atomic E-state index is 12.9. The van der Waals surface area contributed by atoms with E-state index in [2.05, 4.69) is 26.5 Å². The number of imidazole rings is 1. The van der Waals surface area contributed by atoms with E-state index in [9.17, 15) is 4.79 Å². The molecular weight excluding hydrogens is 376 g/mol. The minimum absolute atomic E-state index is 0.0884. The number of fused-ring (bicyclic) bond motifs is 2. The number of benzene rings is 2. The van der Waals surface area contributed by atoms with E-state index in [-0.39, 0.29) is 11.9 Å². The molecule has 0 aliphatic heterocycles. The van der Waals surface area contributed by atoms with Gasteiger partial charge >= 0.3 is 0 Å². The number of H-pyrrole nitrogens is 1. The van der Waals surface area contributed by atoms with Crippen LogP contribution in [-0.4, -0.2) is 32.9 Å². The van der Waals surface area contributed by atoms with Crippen LogP contribution in [0.4, 0.5) is 0 Å². The van der Waals surface area contributed by atoms with Gasteiger partial charge in [-0.15, -0.1) is 11.3 Å². The van der Waals surface area contributed by atoms with E-state index in [4.69, 9.17) is 0 Å². The summed E-state index contributed by atoms with van der Waals surface area (Å²) in [7, 11) is 0. The molecule has 27 heavy (non-hydrogen) atoms. The molecule has 2 aromatic heterocycles. The lowest BCUT2D eigenvalue weighted by atomic mass is 10.1. The molecule has 5 nitrogen and oxygen atoms in total. The van der Waals surface area contributed by atoms with Crippen LogP contribution >= 0.6 is 23.1 Å². The first kappa shape index (κ1) is 18.0. The third-order valence-electron chi connectivity index (χ3n) is 4.41. The number of hydrogen-bond donors (Lipinski definition) is 2. The largest absolute Gasteiger partial charge is 0.342 e. The monoisotopic (exact) mass is 396 g/mol. The molecular formula is C20H20N4OS2. The second kappa shape index (κ2) is 7.70. The minimum Gasteiger partial charge on any atom is -0.342 e. The van der Waals surface area contributed by atoms with Crippen LogP contribution in [-0.2, 0) is 0 Å². The van der Waals surface area contributed by atoms with Crippen LogP contribution in [0, 0.1) is 6.92 Å². The van der Waals surface area contributed by atoms with E-state index < -0.39 is 0 Å². The molecule has 0 aliphatic carbocycles. The van der Waals surface area contributed by atoms with Crippen LogP contribution in [0.15, 0.2) is 42.5 Å². The summed E-state index contributed by atoms with van der Waals surface area (Å²) in [5.41, 5.74) is 3.48. The fraction of sp³-hybridized carbons (Fsp3) is 0.250. The fourth-order valence-electron chi connectivity index (χ4n) is 3.07. The van der Waals surface area contributed by atoms with Gasteiger partial charge in [-0.05, 0) is 55.7 Å². The average Bonchev–Trinajstić information content (AvgIpc) is 3.26. The molecule has 1 amide bonds. The van der Waals surface area contributed by atoms with E-state index in [1.54, 1.807) is 23.1 Å². The Balaban J connectivity index is 1.60. The molecule has 1 atom stereocenters. The van der Waals surface area contributed by atoms with E-state index in [1.165, 1.54) is 0 Å². The van der Waals surface area contributed by atoms with E-state index in [0.717, 1.165) is 44.3 Å². The average molecular weight is 397 g/mol. The fourth-order valence-corrected chi connectivity index (χ4v) is 4.41. The number of aromatic amines is 1. The van der Waals surface area contributed by atoms with Crippen LogP contribution in [0.25, 0.3) is 21.3 Å². The third kappa shape index (κ3) is 3.84. The first-order valence-corrected chi connectivity index (χ1v) is 11.0. The van der Waals surface area contributed by atoms with Gasteiger partial charge in [0, 0.05) is 5.56 Å². The predicted octanol–water partition coefficient (Wildman–Crippen LogP) is 4.71. The number of carbonyl (C=O) groups excluding carboxylic acids is 1. The lowest BCUT2D eigenvalue weighted by Gasteiger charge is -2.16. The van der Waals surface area contributed by atoms with Gasteiger partial charge in [-0.3, -0.25) is 4.79 Å². The van der Waals surface area contributed by atoms with Gasteiger partial charge in [0.25, 0.3) is 5.91 Å². The molecule has 4 rings (SSSR count). The quantitative estimate of drug-likeness (QED) is 0.495. The van der Waals surface area contributed by atoms with Gasteiger partial charge in [0.05, 0.1) is 32.3 Å². The predicted molar refractivity (Wildman–Crippen MR) is 114 cm³/mol. The SMILES string of the molecule is CSCC[C@@H](NC(=O)c1ccc2nc(C)sc2c1)c1nc2ccccc2[nH]1. The summed E-state index contributed by atoms with van der Waals surface area (Å²) in [6.07, 6.45) is 2.88. The second-order valence-corrected chi connectivity index (χ2v) is 8.58. The molecule has 2 N–H and O–H groups in total. The van der Waals surface area contributed by atoms with Crippen molar-refractivity contribution in [2.45, 2.75) is 19.4 Å². The van der Waals surface area contributed by atoms with Crippen LogP contribution < -0.4 is 5.32 Å². The summed E-state index contributed by atoms with van der Waals surface area (Å²) in [6.45, 7) is 1.98. The Morgan fingerprint density at radius 3 is 2.89 bits per heavy atom. The zero-order chi connectivity index (χ0) is 18.8. The van der Waals surface area contributed by atoms with Crippen molar-refractivity contribution < 1.29 is 4.79 Å². The number of thiazole rings is 1. The number of thioether (sulfide) groups is 1. The summed E-state index contributed by atoms with van der Waals surface area (Å²) in [6, 6.07) is 13.4. The maximum Gasteiger partial charge on any atom is 0.251 e. The molecule has 0 unspecified atom stereocenters. The number of para-hydroxylation sites is 2. The zero-order valence-electron chi connectivity index (χ0n) is 15.2. The number of amides is 1. The molecule has 0 saturated heterocycles. The Morgan fingerprint density at radius 2 is 2.07 bits per heavy atom. The van der Waals surface area contributed by atoms with Gasteiger partial charge in [-0.2, -0.15) is 11.8 Å². The Labute approximate surface area is 165 Å². The van der Waals surface area contributed by atoms with Gasteiger partial charge in [0.2, 0.25) is 0 Å². The van der Waals surface area contributed by atoms with Crippen molar-refractivity contribution >= 4 is 50.3 Å². The molecule has 4 aromatic rings. The first-order chi connectivity index (χ1) is 13.1. The third-order valence-corrected chi connectivity index (χ3v) is 5.99. The van der Waals surface area contributed by atoms with Crippen molar-refractivity contribution in [1.29, 1.82) is 0 Å². The first-order valence-electron chi connectivity index (χ1n) is 8.75. The highest BCUT2D eigenvalue weighted by molar-refractivity contribution is 7.98. The van der Waals surface area contributed by atoms with E-state index >= 15 is 0 Å². The van der Waals surface area contributed by atoms with Crippen molar-refractivity contribution in [3.8, 4) is 0 Å². The summed E-state index contributed by atoms with van der Waals surface area (Å²) in [5.74, 6) is 1.65. The normalized spacial score (nSPS) is 12.5. The molecule has 0 radical (unpaired) electrons. The van der Waals surface area contributed by atoms with Gasteiger partial charge in [0.1, 0.15) is 5.82 Å². The van der Waals surface area contributed by atoms with Gasteiger partial charge in [-0.25, -0.2) is 9.97 Å². The van der Waals surface area contributed by atoms with Crippen LogP contribution in [0.1, 0.15) is 33.7 Å². The zero-order valence-corrected chi connectivity index (χ0v) is 16.8. The second-order valence-electron chi connectivity index (χ2n) is 6.36. The Bertz CT molecular complexity index is 1070.